The van der Waals surface area contributed by atoms with Gasteiger partial charge < -0.3 is 15.6 Å². The molecule has 0 radical (unpaired) electrons. The highest BCUT2D eigenvalue weighted by molar-refractivity contribution is 7.99. The molecule has 0 unspecified atom stereocenters. The number of aromatic amines is 1. The molecule has 1 aliphatic heterocycles. The Hall–Kier alpha value is -2.98. The average molecular weight is 472 g/mol. The Balaban J connectivity index is 0.000000352. The van der Waals surface area contributed by atoms with Crippen LogP contribution in [0.3, 0.4) is 0 Å². The van der Waals surface area contributed by atoms with Gasteiger partial charge in [0.05, 0.1) is 17.6 Å². The summed E-state index contributed by atoms with van der Waals surface area (Å²) in [5.41, 5.74) is 4.70. The van der Waals surface area contributed by atoms with Gasteiger partial charge in [-0.25, -0.2) is 9.78 Å². The lowest BCUT2D eigenvalue weighted by Gasteiger charge is -2.10. The number of amides is 4. The van der Waals surface area contributed by atoms with Gasteiger partial charge in [0.25, 0.3) is 0 Å². The second kappa shape index (κ2) is 11.6. The number of benzene rings is 2. The van der Waals surface area contributed by atoms with Crippen molar-refractivity contribution >= 4 is 52.4 Å². The fourth-order valence-corrected chi connectivity index (χ4v) is 4.78. The Bertz CT molecular complexity index is 1070. The minimum atomic E-state index is -0.398. The van der Waals surface area contributed by atoms with E-state index in [4.69, 9.17) is 0 Å². The van der Waals surface area contributed by atoms with Crippen molar-refractivity contribution in [2.24, 2.45) is 0 Å². The molecule has 32 heavy (non-hydrogen) atoms. The third kappa shape index (κ3) is 7.03. The van der Waals surface area contributed by atoms with Gasteiger partial charge in [-0.1, -0.05) is 36.0 Å². The number of hydrogen-bond donors (Lipinski definition) is 4. The van der Waals surface area contributed by atoms with Crippen molar-refractivity contribution in [2.75, 3.05) is 18.8 Å². The molecule has 8 nitrogen and oxygen atoms in total. The number of urea groups is 1. The zero-order valence-corrected chi connectivity index (χ0v) is 19.5. The molecule has 3 aromatic rings. The van der Waals surface area contributed by atoms with Crippen LogP contribution in [-0.2, 0) is 15.3 Å². The van der Waals surface area contributed by atoms with E-state index in [9.17, 15) is 14.4 Å². The fraction of sp³-hybridized carbons (Fsp3) is 0.273. The molecule has 10 heteroatoms. The second-order valence-corrected chi connectivity index (χ2v) is 9.05. The van der Waals surface area contributed by atoms with E-state index in [1.54, 1.807) is 30.4 Å². The van der Waals surface area contributed by atoms with Crippen molar-refractivity contribution in [3.63, 3.8) is 0 Å². The molecule has 0 spiro atoms. The van der Waals surface area contributed by atoms with Crippen LogP contribution < -0.4 is 16.0 Å². The van der Waals surface area contributed by atoms with Crippen LogP contribution in [0.1, 0.15) is 18.1 Å². The lowest BCUT2D eigenvalue weighted by Crippen LogP contribution is -2.22. The minimum Gasteiger partial charge on any atom is -0.356 e. The largest absolute Gasteiger partial charge is 0.356 e. The third-order valence-electron chi connectivity index (χ3n) is 4.52. The number of fused-ring (bicyclic) bond motifs is 1. The lowest BCUT2D eigenvalue weighted by atomic mass is 10.1. The number of imidazole rings is 1. The van der Waals surface area contributed by atoms with Crippen molar-refractivity contribution in [3.05, 3.63) is 53.6 Å². The van der Waals surface area contributed by atoms with Crippen LogP contribution in [0, 0.1) is 6.92 Å². The van der Waals surface area contributed by atoms with E-state index < -0.39 is 6.03 Å². The second-order valence-electron chi connectivity index (χ2n) is 6.95. The number of hydrogen-bond acceptors (Lipinski definition) is 6. The normalized spacial score (nSPS) is 12.7. The van der Waals surface area contributed by atoms with Crippen molar-refractivity contribution in [1.82, 2.24) is 25.9 Å². The first-order valence-electron chi connectivity index (χ1n) is 10.0. The van der Waals surface area contributed by atoms with E-state index in [-0.39, 0.29) is 18.4 Å². The van der Waals surface area contributed by atoms with Crippen LogP contribution in [0.2, 0.25) is 0 Å². The molecule has 1 aliphatic rings. The van der Waals surface area contributed by atoms with Crippen molar-refractivity contribution in [3.8, 4) is 0 Å². The van der Waals surface area contributed by atoms with Crippen LogP contribution in [0.5, 0.6) is 0 Å². The smallest absolute Gasteiger partial charge is 0.321 e. The molecule has 2 heterocycles. The minimum absolute atomic E-state index is 0.0216. The molecule has 0 bridgehead atoms. The molecular weight excluding hydrogens is 446 g/mol. The highest BCUT2D eigenvalue weighted by Crippen LogP contribution is 2.29. The number of para-hydroxylation sites is 2. The molecule has 1 fully saturated rings. The van der Waals surface area contributed by atoms with Crippen molar-refractivity contribution < 1.29 is 14.4 Å². The van der Waals surface area contributed by atoms with E-state index in [1.165, 1.54) is 16.0 Å². The van der Waals surface area contributed by atoms with Gasteiger partial charge >= 0.3 is 6.03 Å². The summed E-state index contributed by atoms with van der Waals surface area (Å²) >= 11 is 3.50. The Labute approximate surface area is 194 Å². The zero-order valence-electron chi connectivity index (χ0n) is 17.9. The molecule has 0 saturated carbocycles. The van der Waals surface area contributed by atoms with Crippen LogP contribution in [0.4, 0.5) is 4.79 Å². The molecular formula is C22H25N5O3S2. The predicted molar refractivity (Wildman–Crippen MR) is 128 cm³/mol. The summed E-state index contributed by atoms with van der Waals surface area (Å²) in [6.07, 6.45) is 0. The van der Waals surface area contributed by atoms with Gasteiger partial charge in [-0.05, 0) is 36.2 Å². The summed E-state index contributed by atoms with van der Waals surface area (Å²) in [6.45, 7) is 4.53. The van der Waals surface area contributed by atoms with E-state index >= 15 is 0 Å². The molecule has 1 saturated heterocycles. The summed E-state index contributed by atoms with van der Waals surface area (Å²) in [6, 6.07) is 14.1. The number of nitrogens with zero attached hydrogens (tertiary/aromatic N) is 1. The van der Waals surface area contributed by atoms with Crippen LogP contribution in [0.15, 0.2) is 52.5 Å². The van der Waals surface area contributed by atoms with Gasteiger partial charge in [0.1, 0.15) is 0 Å². The predicted octanol–water partition coefficient (Wildman–Crippen LogP) is 3.22. The van der Waals surface area contributed by atoms with Gasteiger partial charge in [0.2, 0.25) is 11.8 Å². The maximum atomic E-state index is 10.9. The first-order valence-corrected chi connectivity index (χ1v) is 12.0. The van der Waals surface area contributed by atoms with Crippen LogP contribution >= 0.6 is 23.5 Å². The highest BCUT2D eigenvalue weighted by Gasteiger charge is 2.14. The summed E-state index contributed by atoms with van der Waals surface area (Å²) in [5, 5.41) is 8.08. The van der Waals surface area contributed by atoms with Gasteiger partial charge in [0, 0.05) is 29.9 Å². The summed E-state index contributed by atoms with van der Waals surface area (Å²) in [7, 11) is 0. The van der Waals surface area contributed by atoms with Gasteiger partial charge in [-0.2, -0.15) is 0 Å². The molecule has 4 N–H and O–H groups in total. The Kier molecular flexibility index (Phi) is 8.57. The maximum Gasteiger partial charge on any atom is 0.321 e. The standard InChI is InChI=1S/C19H21N3OS2.C3H4N2O2/c1-13-15(6-5-9-18(13)24-11-10-20-14(2)23)12-25-19-21-16-7-3-4-8-17(16)22-19;6-2-1-4-3(7)5-2/h3-9H,10-12H2,1-2H3,(H,20,23)(H,21,22);1H2,(H2,4,5,6,7). The molecule has 168 valence electrons. The van der Waals surface area contributed by atoms with Gasteiger partial charge in [0.15, 0.2) is 5.16 Å². The number of rotatable bonds is 7. The number of H-pyrrole nitrogens is 1. The number of thioether (sulfide) groups is 2. The molecule has 4 amide bonds. The summed E-state index contributed by atoms with van der Waals surface area (Å²) in [5.74, 6) is 1.52. The fourth-order valence-electron chi connectivity index (χ4n) is 2.88. The first-order chi connectivity index (χ1) is 15.4. The average Bonchev–Trinajstić information content (AvgIpc) is 3.36. The molecule has 1 aromatic heterocycles. The van der Waals surface area contributed by atoms with Gasteiger partial charge in [-0.15, -0.1) is 11.8 Å². The molecule has 2 aromatic carbocycles. The summed E-state index contributed by atoms with van der Waals surface area (Å²) < 4.78 is 0. The first kappa shape index (κ1) is 23.7. The Morgan fingerprint density at radius 3 is 2.59 bits per heavy atom. The number of carbonyl (C=O) groups excluding carboxylic acids is 3. The zero-order chi connectivity index (χ0) is 22.9. The number of imide groups is 1. The monoisotopic (exact) mass is 471 g/mol. The van der Waals surface area contributed by atoms with E-state index in [0.717, 1.165) is 27.7 Å². The number of aromatic nitrogens is 2. The molecule has 0 atom stereocenters. The molecule has 0 aliphatic carbocycles. The number of nitrogens with one attached hydrogen (secondary N) is 4. The van der Waals surface area contributed by atoms with Crippen molar-refractivity contribution in [1.29, 1.82) is 0 Å². The van der Waals surface area contributed by atoms with Crippen molar-refractivity contribution in [2.45, 2.75) is 29.7 Å². The SMILES string of the molecule is CC(=O)NCCSc1cccc(CSc2nc3ccccc3[nH]2)c1C.O=C1CNC(=O)N1. The van der Waals surface area contributed by atoms with E-state index in [1.807, 2.05) is 29.6 Å². The third-order valence-corrected chi connectivity index (χ3v) is 6.61. The van der Waals surface area contributed by atoms with E-state index in [0.29, 0.717) is 6.54 Å². The lowest BCUT2D eigenvalue weighted by molar-refractivity contribution is -0.119. The quantitative estimate of drug-likeness (QED) is 0.239. The molecule has 4 rings (SSSR count). The topological polar surface area (TPSA) is 116 Å². The van der Waals surface area contributed by atoms with E-state index in [2.05, 4.69) is 45.7 Å². The Morgan fingerprint density at radius 2 is 1.94 bits per heavy atom. The van der Waals surface area contributed by atoms with Crippen LogP contribution in [-0.4, -0.2) is 46.7 Å². The summed E-state index contributed by atoms with van der Waals surface area (Å²) in [4.78, 5) is 40.2. The van der Waals surface area contributed by atoms with Crippen LogP contribution in [0.25, 0.3) is 11.0 Å². The highest BCUT2D eigenvalue weighted by atomic mass is 32.2. The number of carbonyl (C=O) groups is 3. The Morgan fingerprint density at radius 1 is 1.12 bits per heavy atom. The maximum absolute atomic E-state index is 10.9. The van der Waals surface area contributed by atoms with Gasteiger partial charge in [-0.3, -0.25) is 14.9 Å².